The van der Waals surface area contributed by atoms with Crippen molar-refractivity contribution in [2.24, 2.45) is 0 Å². The molecule has 0 bridgehead atoms. The van der Waals surface area contributed by atoms with Crippen molar-refractivity contribution in [3.63, 3.8) is 0 Å². The van der Waals surface area contributed by atoms with Gasteiger partial charge in [0.15, 0.2) is 0 Å². The van der Waals surface area contributed by atoms with Gasteiger partial charge in [0.1, 0.15) is 0 Å². The summed E-state index contributed by atoms with van der Waals surface area (Å²) in [6.45, 7) is 3.00. The van der Waals surface area contributed by atoms with E-state index in [1.807, 2.05) is 11.0 Å². The number of benzene rings is 1. The zero-order valence-electron chi connectivity index (χ0n) is 11.2. The predicted molar refractivity (Wildman–Crippen MR) is 84.6 cm³/mol. The highest BCUT2D eigenvalue weighted by atomic mass is 79.9. The van der Waals surface area contributed by atoms with E-state index >= 15 is 0 Å². The molecule has 0 atom stereocenters. The van der Waals surface area contributed by atoms with E-state index < -0.39 is 0 Å². The Balaban J connectivity index is 1.94. The standard InChI is InChI=1S/C14H16Br2N2O2/c1-9(19)18-4-2-13(3-5-18)17-14(20)10-6-11(15)8-12(16)7-10/h6-8,13H,2-5H2,1H3,(H,17,20). The number of carbonyl (C=O) groups is 2. The fraction of sp³-hybridized carbons (Fsp3) is 0.429. The van der Waals surface area contributed by atoms with Gasteiger partial charge in [-0.05, 0) is 31.0 Å². The third kappa shape index (κ3) is 4.06. The topological polar surface area (TPSA) is 49.4 Å². The van der Waals surface area contributed by atoms with Crippen LogP contribution in [0.4, 0.5) is 0 Å². The van der Waals surface area contributed by atoms with Gasteiger partial charge in [-0.2, -0.15) is 0 Å². The van der Waals surface area contributed by atoms with Crippen LogP contribution in [0, 0.1) is 0 Å². The maximum atomic E-state index is 12.2. The maximum absolute atomic E-state index is 12.2. The van der Waals surface area contributed by atoms with Gasteiger partial charge in [0, 0.05) is 40.6 Å². The lowest BCUT2D eigenvalue weighted by Crippen LogP contribution is -2.46. The highest BCUT2D eigenvalue weighted by Crippen LogP contribution is 2.20. The molecule has 0 spiro atoms. The molecule has 1 N–H and O–H groups in total. The molecule has 0 unspecified atom stereocenters. The third-order valence-electron chi connectivity index (χ3n) is 3.40. The Morgan fingerprint density at radius 1 is 1.15 bits per heavy atom. The number of hydrogen-bond acceptors (Lipinski definition) is 2. The van der Waals surface area contributed by atoms with E-state index in [0.717, 1.165) is 21.8 Å². The van der Waals surface area contributed by atoms with Gasteiger partial charge in [-0.3, -0.25) is 9.59 Å². The second kappa shape index (κ2) is 6.72. The molecule has 0 aromatic heterocycles. The summed E-state index contributed by atoms with van der Waals surface area (Å²) in [6, 6.07) is 5.62. The van der Waals surface area contributed by atoms with Crippen molar-refractivity contribution in [1.82, 2.24) is 10.2 Å². The first-order chi connectivity index (χ1) is 9.45. The number of likely N-dealkylation sites (tertiary alicyclic amines) is 1. The minimum absolute atomic E-state index is 0.0757. The van der Waals surface area contributed by atoms with Gasteiger partial charge in [-0.15, -0.1) is 0 Å². The molecule has 0 saturated carbocycles. The zero-order chi connectivity index (χ0) is 14.7. The smallest absolute Gasteiger partial charge is 0.251 e. The van der Waals surface area contributed by atoms with Crippen molar-refractivity contribution in [2.45, 2.75) is 25.8 Å². The molecule has 20 heavy (non-hydrogen) atoms. The lowest BCUT2D eigenvalue weighted by atomic mass is 10.0. The monoisotopic (exact) mass is 402 g/mol. The van der Waals surface area contributed by atoms with Crippen LogP contribution in [0.1, 0.15) is 30.1 Å². The fourth-order valence-electron chi connectivity index (χ4n) is 2.29. The van der Waals surface area contributed by atoms with Crippen LogP contribution in [0.25, 0.3) is 0 Å². The molecule has 6 heteroatoms. The van der Waals surface area contributed by atoms with Crippen LogP contribution in [-0.4, -0.2) is 35.8 Å². The van der Waals surface area contributed by atoms with Crippen LogP contribution in [0.5, 0.6) is 0 Å². The quantitative estimate of drug-likeness (QED) is 0.825. The molecule has 2 rings (SSSR count). The van der Waals surface area contributed by atoms with E-state index in [9.17, 15) is 9.59 Å². The van der Waals surface area contributed by atoms with Gasteiger partial charge in [0.25, 0.3) is 5.91 Å². The van der Waals surface area contributed by atoms with Crippen LogP contribution in [0.2, 0.25) is 0 Å². The van der Waals surface area contributed by atoms with Crippen molar-refractivity contribution >= 4 is 43.7 Å². The van der Waals surface area contributed by atoms with Crippen molar-refractivity contribution < 1.29 is 9.59 Å². The van der Waals surface area contributed by atoms with Crippen molar-refractivity contribution in [3.05, 3.63) is 32.7 Å². The lowest BCUT2D eigenvalue weighted by molar-refractivity contribution is -0.129. The summed E-state index contributed by atoms with van der Waals surface area (Å²) < 4.78 is 1.73. The van der Waals surface area contributed by atoms with E-state index in [4.69, 9.17) is 0 Å². The minimum Gasteiger partial charge on any atom is -0.349 e. The van der Waals surface area contributed by atoms with Crippen LogP contribution >= 0.6 is 31.9 Å². The Morgan fingerprint density at radius 3 is 2.20 bits per heavy atom. The molecular weight excluding hydrogens is 388 g/mol. The number of amides is 2. The van der Waals surface area contributed by atoms with Crippen molar-refractivity contribution in [2.75, 3.05) is 13.1 Å². The first-order valence-electron chi connectivity index (χ1n) is 6.48. The van der Waals surface area contributed by atoms with Crippen LogP contribution < -0.4 is 5.32 Å². The van der Waals surface area contributed by atoms with Gasteiger partial charge < -0.3 is 10.2 Å². The fourth-order valence-corrected chi connectivity index (χ4v) is 3.59. The van der Waals surface area contributed by atoms with E-state index in [1.54, 1.807) is 19.1 Å². The van der Waals surface area contributed by atoms with Gasteiger partial charge >= 0.3 is 0 Å². The summed E-state index contributed by atoms with van der Waals surface area (Å²) in [4.78, 5) is 25.3. The summed E-state index contributed by atoms with van der Waals surface area (Å²) in [5.74, 6) is 0.0268. The van der Waals surface area contributed by atoms with Gasteiger partial charge in [-0.25, -0.2) is 0 Å². The highest BCUT2D eigenvalue weighted by Gasteiger charge is 2.22. The number of piperidine rings is 1. The summed E-state index contributed by atoms with van der Waals surface area (Å²) in [6.07, 6.45) is 1.61. The summed E-state index contributed by atoms with van der Waals surface area (Å²) in [5, 5.41) is 3.03. The van der Waals surface area contributed by atoms with Crippen molar-refractivity contribution in [3.8, 4) is 0 Å². The first-order valence-corrected chi connectivity index (χ1v) is 8.07. The molecule has 108 valence electrons. The summed E-state index contributed by atoms with van der Waals surface area (Å²) in [5.41, 5.74) is 0.625. The van der Waals surface area contributed by atoms with Gasteiger partial charge in [-0.1, -0.05) is 31.9 Å². The molecule has 1 fully saturated rings. The number of rotatable bonds is 2. The molecule has 1 saturated heterocycles. The second-order valence-corrected chi connectivity index (χ2v) is 6.74. The summed E-state index contributed by atoms with van der Waals surface area (Å²) >= 11 is 6.75. The van der Waals surface area contributed by atoms with Gasteiger partial charge in [0.05, 0.1) is 0 Å². The van der Waals surface area contributed by atoms with E-state index in [2.05, 4.69) is 37.2 Å². The second-order valence-electron chi connectivity index (χ2n) is 4.91. The molecule has 0 radical (unpaired) electrons. The van der Waals surface area contributed by atoms with Crippen LogP contribution in [0.3, 0.4) is 0 Å². The first kappa shape index (κ1) is 15.5. The molecule has 1 heterocycles. The Hall–Kier alpha value is -0.880. The molecule has 1 aromatic rings. The number of carbonyl (C=O) groups excluding carboxylic acids is 2. The SMILES string of the molecule is CC(=O)N1CCC(NC(=O)c2cc(Br)cc(Br)c2)CC1. The third-order valence-corrected chi connectivity index (χ3v) is 4.32. The molecule has 1 aliphatic heterocycles. The number of halogens is 2. The molecule has 0 aliphatic carbocycles. The predicted octanol–water partition coefficient (Wildman–Crippen LogP) is 2.95. The lowest BCUT2D eigenvalue weighted by Gasteiger charge is -2.31. The Labute approximate surface area is 135 Å². The molecule has 1 aliphatic rings. The highest BCUT2D eigenvalue weighted by molar-refractivity contribution is 9.11. The Bertz CT molecular complexity index is 506. The normalized spacial score (nSPS) is 16.1. The van der Waals surface area contributed by atoms with Crippen LogP contribution in [-0.2, 0) is 4.79 Å². The van der Waals surface area contributed by atoms with Crippen LogP contribution in [0.15, 0.2) is 27.1 Å². The van der Waals surface area contributed by atoms with E-state index in [0.29, 0.717) is 18.7 Å². The van der Waals surface area contributed by atoms with Gasteiger partial charge in [0.2, 0.25) is 5.91 Å². The zero-order valence-corrected chi connectivity index (χ0v) is 14.3. The molecule has 4 nitrogen and oxygen atoms in total. The maximum Gasteiger partial charge on any atom is 0.251 e. The Morgan fingerprint density at radius 2 is 1.70 bits per heavy atom. The average molecular weight is 404 g/mol. The molecular formula is C14H16Br2N2O2. The largest absolute Gasteiger partial charge is 0.349 e. The Kier molecular flexibility index (Phi) is 5.21. The number of nitrogens with zero attached hydrogens (tertiary/aromatic N) is 1. The molecule has 2 amide bonds. The average Bonchev–Trinajstić information content (AvgIpc) is 2.38. The minimum atomic E-state index is -0.0757. The van der Waals surface area contributed by atoms with Crippen molar-refractivity contribution in [1.29, 1.82) is 0 Å². The summed E-state index contributed by atoms with van der Waals surface area (Å²) in [7, 11) is 0. The number of hydrogen-bond donors (Lipinski definition) is 1. The number of nitrogens with one attached hydrogen (secondary N) is 1. The van der Waals surface area contributed by atoms with E-state index in [1.165, 1.54) is 0 Å². The van der Waals surface area contributed by atoms with E-state index in [-0.39, 0.29) is 17.9 Å². The molecule has 1 aromatic carbocycles.